The molecule has 0 bridgehead atoms. The monoisotopic (exact) mass is 261 g/mol. The van der Waals surface area contributed by atoms with Crippen molar-refractivity contribution in [3.05, 3.63) is 29.8 Å². The molecule has 0 heterocycles. The van der Waals surface area contributed by atoms with Gasteiger partial charge < -0.3 is 10.0 Å². The summed E-state index contributed by atoms with van der Waals surface area (Å²) in [6.07, 6.45) is -4.54. The molecule has 0 unspecified atom stereocenters. The molecule has 0 aliphatic rings. The number of anilines is 1. The van der Waals surface area contributed by atoms with Crippen molar-refractivity contribution in [1.29, 1.82) is 0 Å². The van der Waals surface area contributed by atoms with E-state index in [1.165, 1.54) is 6.07 Å². The fourth-order valence-corrected chi connectivity index (χ4v) is 1.37. The molecule has 0 atom stereocenters. The van der Waals surface area contributed by atoms with E-state index in [-0.39, 0.29) is 5.69 Å². The van der Waals surface area contributed by atoms with Gasteiger partial charge in [0.25, 0.3) is 0 Å². The lowest BCUT2D eigenvalue weighted by atomic mass is 10.2. The fraction of sp³-hybridized carbons (Fsp3) is 0.273. The topological polar surface area (TPSA) is 57.6 Å². The first kappa shape index (κ1) is 14.0. The Morgan fingerprint density at radius 1 is 1.33 bits per heavy atom. The van der Waals surface area contributed by atoms with E-state index < -0.39 is 30.2 Å². The molecule has 1 aromatic rings. The molecule has 0 fully saturated rings. The van der Waals surface area contributed by atoms with Gasteiger partial charge in [0.15, 0.2) is 0 Å². The van der Waals surface area contributed by atoms with Crippen LogP contribution in [0.3, 0.4) is 0 Å². The molecule has 0 spiro atoms. The quantitative estimate of drug-likeness (QED) is 0.906. The van der Waals surface area contributed by atoms with E-state index in [0.29, 0.717) is 0 Å². The van der Waals surface area contributed by atoms with Crippen LogP contribution in [-0.4, -0.2) is 23.5 Å². The molecule has 18 heavy (non-hydrogen) atoms. The van der Waals surface area contributed by atoms with E-state index in [1.807, 2.05) is 0 Å². The Hall–Kier alpha value is -2.05. The largest absolute Gasteiger partial charge is 0.480 e. The summed E-state index contributed by atoms with van der Waals surface area (Å²) in [5, 5.41) is 8.61. The van der Waals surface area contributed by atoms with Crippen molar-refractivity contribution >= 4 is 17.6 Å². The number of aliphatic carboxylic acids is 1. The minimum atomic E-state index is -4.54. The summed E-state index contributed by atoms with van der Waals surface area (Å²) in [4.78, 5) is 22.5. The average molecular weight is 261 g/mol. The number of benzene rings is 1. The predicted molar refractivity (Wildman–Crippen MR) is 57.1 cm³/mol. The van der Waals surface area contributed by atoms with E-state index in [4.69, 9.17) is 5.11 Å². The molecular weight excluding hydrogens is 251 g/mol. The van der Waals surface area contributed by atoms with Gasteiger partial charge in [0.05, 0.1) is 5.56 Å². The summed E-state index contributed by atoms with van der Waals surface area (Å²) in [6.45, 7) is 0.403. The Morgan fingerprint density at radius 2 is 1.94 bits per heavy atom. The highest BCUT2D eigenvalue weighted by Gasteiger charge is 2.31. The first-order chi connectivity index (χ1) is 8.21. The van der Waals surface area contributed by atoms with Crippen LogP contribution >= 0.6 is 0 Å². The van der Waals surface area contributed by atoms with Crippen LogP contribution in [0.4, 0.5) is 18.9 Å². The molecule has 1 N–H and O–H groups in total. The maximum Gasteiger partial charge on any atom is 0.416 e. The number of carboxylic acid groups (broad SMARTS) is 1. The first-order valence-corrected chi connectivity index (χ1v) is 4.89. The minimum Gasteiger partial charge on any atom is -0.480 e. The Kier molecular flexibility index (Phi) is 3.95. The molecule has 0 aliphatic carbocycles. The number of carbonyl (C=O) groups excluding carboxylic acids is 1. The molecule has 1 rings (SSSR count). The van der Waals surface area contributed by atoms with Crippen LogP contribution in [0.5, 0.6) is 0 Å². The van der Waals surface area contributed by atoms with Gasteiger partial charge in [0, 0.05) is 12.6 Å². The van der Waals surface area contributed by atoms with Crippen molar-refractivity contribution < 1.29 is 27.9 Å². The Balaban J connectivity index is 3.13. The number of nitrogens with zero attached hydrogens (tertiary/aromatic N) is 1. The van der Waals surface area contributed by atoms with Gasteiger partial charge in [-0.2, -0.15) is 13.2 Å². The molecule has 0 aliphatic heterocycles. The Bertz CT molecular complexity index is 471. The third-order valence-corrected chi connectivity index (χ3v) is 2.16. The highest BCUT2D eigenvalue weighted by Crippen LogP contribution is 2.31. The molecule has 0 saturated heterocycles. The smallest absolute Gasteiger partial charge is 0.416 e. The van der Waals surface area contributed by atoms with Crippen LogP contribution in [0.2, 0.25) is 0 Å². The SMILES string of the molecule is CC(=O)N(CC(=O)O)c1cccc(C(F)(F)F)c1. The van der Waals surface area contributed by atoms with Gasteiger partial charge in [0.1, 0.15) is 6.54 Å². The van der Waals surface area contributed by atoms with Crippen LogP contribution in [0.25, 0.3) is 0 Å². The van der Waals surface area contributed by atoms with Crippen molar-refractivity contribution in [1.82, 2.24) is 0 Å². The first-order valence-electron chi connectivity index (χ1n) is 4.89. The lowest BCUT2D eigenvalue weighted by Crippen LogP contribution is -2.33. The number of amides is 1. The zero-order valence-corrected chi connectivity index (χ0v) is 9.36. The molecule has 7 heteroatoms. The molecule has 1 amide bonds. The number of hydrogen-bond acceptors (Lipinski definition) is 2. The maximum absolute atomic E-state index is 12.5. The molecule has 98 valence electrons. The highest BCUT2D eigenvalue weighted by molar-refractivity contribution is 5.95. The van der Waals surface area contributed by atoms with Crippen molar-refractivity contribution in [2.75, 3.05) is 11.4 Å². The number of hydrogen-bond donors (Lipinski definition) is 1. The normalized spacial score (nSPS) is 11.1. The van der Waals surface area contributed by atoms with Gasteiger partial charge in [-0.15, -0.1) is 0 Å². The van der Waals surface area contributed by atoms with E-state index in [2.05, 4.69) is 0 Å². The summed E-state index contributed by atoms with van der Waals surface area (Å²) in [5.74, 6) is -1.95. The van der Waals surface area contributed by atoms with Crippen LogP contribution in [0, 0.1) is 0 Å². The van der Waals surface area contributed by atoms with E-state index in [1.54, 1.807) is 0 Å². The molecule has 0 radical (unpaired) electrons. The average Bonchev–Trinajstić information content (AvgIpc) is 2.24. The summed E-state index contributed by atoms with van der Waals surface area (Å²) in [5.41, 5.74) is -1.03. The Morgan fingerprint density at radius 3 is 2.39 bits per heavy atom. The molecule has 0 saturated carbocycles. The van der Waals surface area contributed by atoms with Crippen molar-refractivity contribution in [3.8, 4) is 0 Å². The lowest BCUT2D eigenvalue weighted by Gasteiger charge is -2.20. The molecule has 4 nitrogen and oxygen atoms in total. The van der Waals surface area contributed by atoms with Gasteiger partial charge in [-0.1, -0.05) is 6.07 Å². The number of carbonyl (C=O) groups is 2. The van der Waals surface area contributed by atoms with Crippen LogP contribution in [-0.2, 0) is 15.8 Å². The van der Waals surface area contributed by atoms with Gasteiger partial charge in [-0.25, -0.2) is 0 Å². The second-order valence-electron chi connectivity index (χ2n) is 3.55. The fourth-order valence-electron chi connectivity index (χ4n) is 1.37. The van der Waals surface area contributed by atoms with Crippen molar-refractivity contribution in [2.24, 2.45) is 0 Å². The zero-order chi connectivity index (χ0) is 13.9. The van der Waals surface area contributed by atoms with E-state index in [9.17, 15) is 22.8 Å². The van der Waals surface area contributed by atoms with Gasteiger partial charge in [0.2, 0.25) is 5.91 Å². The van der Waals surface area contributed by atoms with Crippen molar-refractivity contribution in [2.45, 2.75) is 13.1 Å². The number of halogens is 3. The van der Waals surface area contributed by atoms with Gasteiger partial charge in [-0.05, 0) is 18.2 Å². The Labute approximate surface area is 101 Å². The molecule has 0 aromatic heterocycles. The lowest BCUT2D eigenvalue weighted by molar-refractivity contribution is -0.137. The van der Waals surface area contributed by atoms with E-state index in [0.717, 1.165) is 30.0 Å². The second kappa shape index (κ2) is 5.07. The predicted octanol–water partition coefficient (Wildman–Crippen LogP) is 2.14. The maximum atomic E-state index is 12.5. The van der Waals surface area contributed by atoms with Crippen LogP contribution in [0.15, 0.2) is 24.3 Å². The number of alkyl halides is 3. The summed E-state index contributed by atoms with van der Waals surface area (Å²) in [6, 6.07) is 3.96. The third-order valence-electron chi connectivity index (χ3n) is 2.16. The van der Waals surface area contributed by atoms with E-state index >= 15 is 0 Å². The number of carboxylic acids is 1. The number of rotatable bonds is 3. The van der Waals surface area contributed by atoms with Crippen LogP contribution in [0.1, 0.15) is 12.5 Å². The summed E-state index contributed by atoms with van der Waals surface area (Å²) in [7, 11) is 0. The summed E-state index contributed by atoms with van der Waals surface area (Å²) >= 11 is 0. The van der Waals surface area contributed by atoms with Gasteiger partial charge in [-0.3, -0.25) is 9.59 Å². The second-order valence-corrected chi connectivity index (χ2v) is 3.55. The molecular formula is C11H10F3NO3. The standard InChI is InChI=1S/C11H10F3NO3/c1-7(16)15(6-10(17)18)9-4-2-3-8(5-9)11(12,13)14/h2-5H,6H2,1H3,(H,17,18). The minimum absolute atomic E-state index is 0.0975. The third kappa shape index (κ3) is 3.47. The zero-order valence-electron chi connectivity index (χ0n) is 9.36. The highest BCUT2D eigenvalue weighted by atomic mass is 19.4. The summed E-state index contributed by atoms with van der Waals surface area (Å²) < 4.78 is 37.4. The molecule has 1 aromatic carbocycles. The van der Waals surface area contributed by atoms with Crippen molar-refractivity contribution in [3.63, 3.8) is 0 Å². The van der Waals surface area contributed by atoms with Gasteiger partial charge >= 0.3 is 12.1 Å². The van der Waals surface area contributed by atoms with Crippen LogP contribution < -0.4 is 4.90 Å².